The molecule has 10 N–H and O–H groups in total. The van der Waals surface area contributed by atoms with Crippen molar-refractivity contribution in [1.29, 1.82) is 0 Å². The van der Waals surface area contributed by atoms with Crippen LogP contribution in [0.3, 0.4) is 0 Å². The van der Waals surface area contributed by atoms with Crippen molar-refractivity contribution >= 4 is 41.4 Å². The van der Waals surface area contributed by atoms with E-state index in [1.54, 1.807) is 0 Å². The molecule has 18 heteroatoms. The normalized spacial score (nSPS) is 22.7. The number of carbonyl (C=O) groups excluding carboxylic acids is 6. The predicted octanol–water partition coefficient (Wildman–Crippen LogP) is -2.74. The molecule has 2 fully saturated rings. The van der Waals surface area contributed by atoms with Gasteiger partial charge in [0.05, 0.1) is 29.7 Å². The van der Waals surface area contributed by atoms with Crippen LogP contribution in [-0.2, 0) is 33.6 Å². The van der Waals surface area contributed by atoms with Gasteiger partial charge in [-0.15, -0.1) is 0 Å². The van der Waals surface area contributed by atoms with E-state index in [0.717, 1.165) is 0 Å². The van der Waals surface area contributed by atoms with Crippen molar-refractivity contribution in [3.8, 4) is 0 Å². The first-order valence-corrected chi connectivity index (χ1v) is 11.9. The number of rotatable bonds is 9. The van der Waals surface area contributed by atoms with Crippen LogP contribution in [-0.4, -0.2) is 87.9 Å². The van der Waals surface area contributed by atoms with Crippen LogP contribution < -0.4 is 38.1 Å². The monoisotopic (exact) mass is 581 g/mol. The Kier molecular flexibility index (Phi) is 11.0. The van der Waals surface area contributed by atoms with Gasteiger partial charge in [0.1, 0.15) is 5.54 Å². The van der Waals surface area contributed by atoms with E-state index >= 15 is 0 Å². The van der Waals surface area contributed by atoms with Gasteiger partial charge in [-0.1, -0.05) is 0 Å². The van der Waals surface area contributed by atoms with Gasteiger partial charge < -0.3 is 43.2 Å². The maximum atomic E-state index is 12.8. The average molecular weight is 582 g/mol. The summed E-state index contributed by atoms with van der Waals surface area (Å²) in [4.78, 5) is 81.2. The lowest BCUT2D eigenvalue weighted by Crippen LogP contribution is -2.59. The number of carbonyl (C=O) groups is 7. The molecule has 2 rings (SSSR count). The predicted molar refractivity (Wildman–Crippen MR) is 130 cm³/mol. The SMILES string of the molecule is CC(C)(N)C(=O)N[C@H]1CC(=O)N[C@@H]1CC(=O)NC(C)(C)C(=O)N[C@H]1CC(=O)N[C@@H]1CC(N)=O.O=C(O)C(F)(F)F. The highest BCUT2D eigenvalue weighted by molar-refractivity contribution is 5.93. The number of alkyl halides is 3. The second kappa shape index (κ2) is 12.9. The van der Waals surface area contributed by atoms with E-state index < -0.39 is 71.0 Å². The fourth-order valence-electron chi connectivity index (χ4n) is 3.68. The van der Waals surface area contributed by atoms with E-state index in [2.05, 4.69) is 26.6 Å². The van der Waals surface area contributed by atoms with Gasteiger partial charge >= 0.3 is 12.1 Å². The van der Waals surface area contributed by atoms with Crippen molar-refractivity contribution in [2.45, 2.75) is 94.8 Å². The summed E-state index contributed by atoms with van der Waals surface area (Å²) in [5, 5.41) is 20.3. The molecule has 0 unspecified atom stereocenters. The molecular weight excluding hydrogens is 547 g/mol. The highest BCUT2D eigenvalue weighted by atomic mass is 19.4. The summed E-state index contributed by atoms with van der Waals surface area (Å²) in [7, 11) is 0. The molecule has 2 aliphatic heterocycles. The van der Waals surface area contributed by atoms with Crippen LogP contribution in [0.1, 0.15) is 53.4 Å². The first kappa shape index (κ1) is 34.1. The molecule has 2 aliphatic rings. The van der Waals surface area contributed by atoms with Gasteiger partial charge in [-0.25, -0.2) is 4.79 Å². The third kappa shape index (κ3) is 10.7. The molecule has 226 valence electrons. The summed E-state index contributed by atoms with van der Waals surface area (Å²) in [5.41, 5.74) is 8.45. The number of carboxylic acids is 1. The van der Waals surface area contributed by atoms with Crippen LogP contribution in [0.5, 0.6) is 0 Å². The van der Waals surface area contributed by atoms with Crippen LogP contribution in [0.15, 0.2) is 0 Å². The zero-order chi connectivity index (χ0) is 31.2. The molecule has 15 nitrogen and oxygen atoms in total. The number of hydrogen-bond acceptors (Lipinski definition) is 8. The molecule has 0 aromatic carbocycles. The van der Waals surface area contributed by atoms with Gasteiger partial charge in [-0.05, 0) is 27.7 Å². The van der Waals surface area contributed by atoms with Crippen molar-refractivity contribution in [2.24, 2.45) is 11.5 Å². The fraction of sp³-hybridized carbons (Fsp3) is 0.682. The maximum Gasteiger partial charge on any atom is 0.490 e. The summed E-state index contributed by atoms with van der Waals surface area (Å²) in [6.45, 7) is 6.02. The summed E-state index contributed by atoms with van der Waals surface area (Å²) in [5.74, 6) is -5.55. The van der Waals surface area contributed by atoms with Gasteiger partial charge in [0, 0.05) is 25.7 Å². The first-order valence-electron chi connectivity index (χ1n) is 11.9. The molecule has 0 spiro atoms. The van der Waals surface area contributed by atoms with Gasteiger partial charge in [0.2, 0.25) is 35.4 Å². The quantitative estimate of drug-likeness (QED) is 0.140. The van der Waals surface area contributed by atoms with Crippen LogP contribution in [0.2, 0.25) is 0 Å². The Morgan fingerprint density at radius 3 is 1.65 bits per heavy atom. The van der Waals surface area contributed by atoms with E-state index in [1.807, 2.05) is 0 Å². The summed E-state index contributed by atoms with van der Waals surface area (Å²) < 4.78 is 31.7. The molecule has 4 atom stereocenters. The van der Waals surface area contributed by atoms with Crippen molar-refractivity contribution in [2.75, 3.05) is 0 Å². The zero-order valence-corrected chi connectivity index (χ0v) is 22.2. The summed E-state index contributed by atoms with van der Waals surface area (Å²) in [6.07, 6.45) is -5.39. The lowest BCUT2D eigenvalue weighted by Gasteiger charge is -2.29. The number of halogens is 3. The van der Waals surface area contributed by atoms with Crippen LogP contribution in [0.25, 0.3) is 0 Å². The number of hydrogen-bond donors (Lipinski definition) is 8. The Bertz CT molecular complexity index is 1040. The van der Waals surface area contributed by atoms with Gasteiger partial charge in [-0.3, -0.25) is 28.8 Å². The second-order valence-electron chi connectivity index (χ2n) is 10.5. The molecule has 0 radical (unpaired) electrons. The highest BCUT2D eigenvalue weighted by Gasteiger charge is 2.41. The fourth-order valence-corrected chi connectivity index (χ4v) is 3.68. The Hall–Kier alpha value is -3.96. The number of primary amides is 1. The molecule has 0 saturated carbocycles. The van der Waals surface area contributed by atoms with Crippen molar-refractivity contribution in [1.82, 2.24) is 26.6 Å². The van der Waals surface area contributed by atoms with Crippen molar-refractivity contribution in [3.05, 3.63) is 0 Å². The van der Waals surface area contributed by atoms with Crippen LogP contribution >= 0.6 is 0 Å². The van der Waals surface area contributed by atoms with Gasteiger partial charge in [-0.2, -0.15) is 13.2 Å². The number of nitrogens with two attached hydrogens (primary N) is 2. The zero-order valence-electron chi connectivity index (χ0n) is 22.2. The number of amides is 6. The summed E-state index contributed by atoms with van der Waals surface area (Å²) in [6, 6.07) is -2.57. The Morgan fingerprint density at radius 1 is 0.875 bits per heavy atom. The van der Waals surface area contributed by atoms with Crippen molar-refractivity contribution in [3.63, 3.8) is 0 Å². The minimum Gasteiger partial charge on any atom is -0.475 e. The topological polar surface area (TPSA) is 252 Å². The maximum absolute atomic E-state index is 12.8. The number of carboxylic acid groups (broad SMARTS) is 1. The molecule has 0 aliphatic carbocycles. The molecule has 0 aromatic heterocycles. The van der Waals surface area contributed by atoms with Crippen molar-refractivity contribution < 1.29 is 51.8 Å². The molecule has 40 heavy (non-hydrogen) atoms. The number of aliphatic carboxylic acids is 1. The second-order valence-corrected chi connectivity index (χ2v) is 10.5. The highest BCUT2D eigenvalue weighted by Crippen LogP contribution is 2.16. The Balaban J connectivity index is 0.00000101. The van der Waals surface area contributed by atoms with Crippen LogP contribution in [0, 0.1) is 0 Å². The molecule has 0 aromatic rings. The largest absolute Gasteiger partial charge is 0.490 e. The van der Waals surface area contributed by atoms with E-state index in [4.69, 9.17) is 21.4 Å². The summed E-state index contributed by atoms with van der Waals surface area (Å²) >= 11 is 0. The first-order chi connectivity index (χ1) is 18.0. The molecule has 6 amide bonds. The van der Waals surface area contributed by atoms with E-state index in [1.165, 1.54) is 27.7 Å². The minimum absolute atomic E-state index is 0.00755. The van der Waals surface area contributed by atoms with E-state index in [-0.39, 0.29) is 37.5 Å². The average Bonchev–Trinajstić information content (AvgIpc) is 3.26. The molecule has 2 saturated heterocycles. The molecular formula is C22H34F3N7O8. The standard InChI is InChI=1S/C20H33N7O6.C2HF3O2/c1-19(2,22)17(32)25-12-7-15(30)24-10(12)8-16(31)27-20(3,4)18(33)26-11-6-14(29)23-9(11)5-13(21)28;3-2(4,5)1(6)7/h9-12H,5-8,22H2,1-4H3,(H2,21,28)(H,23,29)(H,24,30)(H,25,32)(H,26,33)(H,27,31);(H,6,7)/t9-,10-,11+,12+;/m1./s1. The van der Waals surface area contributed by atoms with E-state index in [9.17, 15) is 41.9 Å². The lowest BCUT2D eigenvalue weighted by atomic mass is 9.99. The van der Waals surface area contributed by atoms with Gasteiger partial charge in [0.15, 0.2) is 0 Å². The smallest absolute Gasteiger partial charge is 0.475 e. The van der Waals surface area contributed by atoms with E-state index in [0.29, 0.717) is 0 Å². The molecule has 0 bridgehead atoms. The Labute approximate surface area is 226 Å². The Morgan fingerprint density at radius 2 is 1.27 bits per heavy atom. The third-order valence-electron chi connectivity index (χ3n) is 5.78. The van der Waals surface area contributed by atoms with Crippen LogP contribution in [0.4, 0.5) is 13.2 Å². The molecule has 2 heterocycles. The number of nitrogens with one attached hydrogen (secondary N) is 5. The minimum atomic E-state index is -5.08. The third-order valence-corrected chi connectivity index (χ3v) is 5.78. The van der Waals surface area contributed by atoms with Gasteiger partial charge in [0.25, 0.3) is 0 Å². The lowest BCUT2D eigenvalue weighted by molar-refractivity contribution is -0.192.